The maximum Gasteiger partial charge on any atom is 0.157 e. The molecular weight excluding hydrogens is 126 g/mol. The normalized spacial score (nSPS) is 29.4. The molecule has 0 saturated heterocycles. The van der Waals surface area contributed by atoms with E-state index in [0.717, 1.165) is 18.6 Å². The predicted molar refractivity (Wildman–Crippen MR) is 39.1 cm³/mol. The number of ether oxygens (including phenoxy) is 1. The SMILES string of the molecule is N=C1CCC2=CC=COC12. The molecule has 2 heteroatoms. The Labute approximate surface area is 59.7 Å². The molecule has 1 heterocycles. The second-order valence-corrected chi connectivity index (χ2v) is 2.61. The summed E-state index contributed by atoms with van der Waals surface area (Å²) in [7, 11) is 0. The van der Waals surface area contributed by atoms with Crippen molar-refractivity contribution in [3.8, 4) is 0 Å². The van der Waals surface area contributed by atoms with Crippen LogP contribution in [-0.4, -0.2) is 11.8 Å². The zero-order valence-electron chi connectivity index (χ0n) is 5.63. The first-order valence-corrected chi connectivity index (χ1v) is 3.46. The van der Waals surface area contributed by atoms with Crippen molar-refractivity contribution in [3.63, 3.8) is 0 Å². The lowest BCUT2D eigenvalue weighted by molar-refractivity contribution is 0.231. The molecule has 1 aliphatic heterocycles. The first-order valence-electron chi connectivity index (χ1n) is 3.46. The maximum absolute atomic E-state index is 7.47. The summed E-state index contributed by atoms with van der Waals surface area (Å²) in [6.45, 7) is 0. The average molecular weight is 135 g/mol. The van der Waals surface area contributed by atoms with Gasteiger partial charge in [-0.1, -0.05) is 6.08 Å². The van der Waals surface area contributed by atoms with E-state index in [9.17, 15) is 0 Å². The standard InChI is InChI=1S/C8H9NO/c9-7-4-3-6-2-1-5-10-8(6)7/h1-2,5,8-9H,3-4H2. The fourth-order valence-corrected chi connectivity index (χ4v) is 1.39. The monoisotopic (exact) mass is 135 g/mol. The van der Waals surface area contributed by atoms with E-state index in [2.05, 4.69) is 6.08 Å². The molecule has 1 aliphatic carbocycles. The van der Waals surface area contributed by atoms with Gasteiger partial charge in [0.15, 0.2) is 6.10 Å². The van der Waals surface area contributed by atoms with Gasteiger partial charge in [0, 0.05) is 0 Å². The number of hydrogen-bond donors (Lipinski definition) is 1. The highest BCUT2D eigenvalue weighted by Gasteiger charge is 2.27. The molecule has 2 rings (SSSR count). The number of hydrogen-bond acceptors (Lipinski definition) is 2. The molecule has 0 spiro atoms. The molecule has 2 nitrogen and oxygen atoms in total. The summed E-state index contributed by atoms with van der Waals surface area (Å²) >= 11 is 0. The second kappa shape index (κ2) is 1.97. The van der Waals surface area contributed by atoms with Crippen molar-refractivity contribution in [2.75, 3.05) is 0 Å². The average Bonchev–Trinajstić information content (AvgIpc) is 2.34. The quantitative estimate of drug-likeness (QED) is 0.538. The largest absolute Gasteiger partial charge is 0.488 e. The smallest absolute Gasteiger partial charge is 0.157 e. The lowest BCUT2D eigenvalue weighted by Gasteiger charge is -2.14. The highest BCUT2D eigenvalue weighted by molar-refractivity contribution is 5.92. The second-order valence-electron chi connectivity index (χ2n) is 2.61. The van der Waals surface area contributed by atoms with E-state index in [0.29, 0.717) is 0 Å². The van der Waals surface area contributed by atoms with E-state index in [4.69, 9.17) is 10.1 Å². The lowest BCUT2D eigenvalue weighted by atomic mass is 10.1. The van der Waals surface area contributed by atoms with Crippen LogP contribution in [0.5, 0.6) is 0 Å². The van der Waals surface area contributed by atoms with Crippen LogP contribution >= 0.6 is 0 Å². The third kappa shape index (κ3) is 0.685. The van der Waals surface area contributed by atoms with Crippen molar-refractivity contribution < 1.29 is 4.74 Å². The van der Waals surface area contributed by atoms with Crippen molar-refractivity contribution in [3.05, 3.63) is 24.0 Å². The van der Waals surface area contributed by atoms with Crippen LogP contribution in [0.3, 0.4) is 0 Å². The van der Waals surface area contributed by atoms with Gasteiger partial charge in [-0.25, -0.2) is 0 Å². The van der Waals surface area contributed by atoms with Gasteiger partial charge in [0.1, 0.15) is 0 Å². The topological polar surface area (TPSA) is 33.1 Å². The van der Waals surface area contributed by atoms with Crippen LogP contribution in [0, 0.1) is 5.41 Å². The van der Waals surface area contributed by atoms with Crippen molar-refractivity contribution in [2.45, 2.75) is 18.9 Å². The van der Waals surface area contributed by atoms with E-state index in [-0.39, 0.29) is 6.10 Å². The summed E-state index contributed by atoms with van der Waals surface area (Å²) in [4.78, 5) is 0. The third-order valence-electron chi connectivity index (χ3n) is 1.94. The maximum atomic E-state index is 7.47. The Kier molecular flexibility index (Phi) is 1.13. The number of allylic oxidation sites excluding steroid dienone is 2. The molecule has 1 fully saturated rings. The van der Waals surface area contributed by atoms with Crippen molar-refractivity contribution in [1.29, 1.82) is 5.41 Å². The molecule has 0 aromatic heterocycles. The van der Waals surface area contributed by atoms with Gasteiger partial charge in [0.2, 0.25) is 0 Å². The van der Waals surface area contributed by atoms with E-state index in [1.165, 1.54) is 5.57 Å². The van der Waals surface area contributed by atoms with Crippen LogP contribution in [0.1, 0.15) is 12.8 Å². The zero-order valence-corrected chi connectivity index (χ0v) is 5.63. The molecule has 0 amide bonds. The van der Waals surface area contributed by atoms with Crippen LogP contribution in [0.2, 0.25) is 0 Å². The lowest BCUT2D eigenvalue weighted by Crippen LogP contribution is -2.17. The molecule has 52 valence electrons. The molecule has 2 aliphatic rings. The van der Waals surface area contributed by atoms with Crippen LogP contribution in [0.4, 0.5) is 0 Å². The molecule has 0 aromatic carbocycles. The molecular formula is C8H9NO. The van der Waals surface area contributed by atoms with Gasteiger partial charge in [-0.2, -0.15) is 0 Å². The van der Waals surface area contributed by atoms with Crippen LogP contribution < -0.4 is 0 Å². The van der Waals surface area contributed by atoms with Crippen molar-refractivity contribution in [1.82, 2.24) is 0 Å². The molecule has 1 saturated carbocycles. The molecule has 0 bridgehead atoms. The van der Waals surface area contributed by atoms with E-state index < -0.39 is 0 Å². The molecule has 10 heavy (non-hydrogen) atoms. The van der Waals surface area contributed by atoms with Gasteiger partial charge in [-0.3, -0.25) is 0 Å². The molecule has 0 aromatic rings. The van der Waals surface area contributed by atoms with E-state index in [1.807, 2.05) is 6.08 Å². The minimum Gasteiger partial charge on any atom is -0.488 e. The summed E-state index contributed by atoms with van der Waals surface area (Å²) in [5, 5.41) is 7.47. The van der Waals surface area contributed by atoms with Crippen molar-refractivity contribution >= 4 is 5.71 Å². The van der Waals surface area contributed by atoms with Gasteiger partial charge in [-0.05, 0) is 24.5 Å². The Bertz CT molecular complexity index is 227. The number of rotatable bonds is 0. The molecule has 0 radical (unpaired) electrons. The van der Waals surface area contributed by atoms with Gasteiger partial charge in [0.05, 0.1) is 12.0 Å². The molecule has 1 atom stereocenters. The summed E-state index contributed by atoms with van der Waals surface area (Å²) < 4.78 is 5.24. The minimum atomic E-state index is -0.00926. The van der Waals surface area contributed by atoms with Gasteiger partial charge in [-0.15, -0.1) is 0 Å². The Morgan fingerprint density at radius 2 is 2.40 bits per heavy atom. The number of fused-ring (bicyclic) bond motifs is 1. The van der Waals surface area contributed by atoms with Crippen LogP contribution in [-0.2, 0) is 4.74 Å². The van der Waals surface area contributed by atoms with Crippen LogP contribution in [0.15, 0.2) is 24.0 Å². The summed E-state index contributed by atoms with van der Waals surface area (Å²) in [5.74, 6) is 0. The van der Waals surface area contributed by atoms with Gasteiger partial charge < -0.3 is 10.1 Å². The summed E-state index contributed by atoms with van der Waals surface area (Å²) in [5.41, 5.74) is 1.98. The van der Waals surface area contributed by atoms with E-state index >= 15 is 0 Å². The first-order chi connectivity index (χ1) is 4.88. The Hall–Kier alpha value is -1.05. The Morgan fingerprint density at radius 3 is 3.20 bits per heavy atom. The van der Waals surface area contributed by atoms with Gasteiger partial charge in [0.25, 0.3) is 0 Å². The Balaban J connectivity index is 2.31. The van der Waals surface area contributed by atoms with Crippen LogP contribution in [0.25, 0.3) is 0 Å². The highest BCUT2D eigenvalue weighted by atomic mass is 16.5. The highest BCUT2D eigenvalue weighted by Crippen LogP contribution is 2.27. The fraction of sp³-hybridized carbons (Fsp3) is 0.375. The minimum absolute atomic E-state index is 0.00926. The number of nitrogens with one attached hydrogen (secondary N) is 1. The third-order valence-corrected chi connectivity index (χ3v) is 1.94. The summed E-state index contributed by atoms with van der Waals surface area (Å²) in [6, 6.07) is 0. The van der Waals surface area contributed by atoms with E-state index in [1.54, 1.807) is 6.26 Å². The zero-order chi connectivity index (χ0) is 6.97. The Morgan fingerprint density at radius 1 is 1.50 bits per heavy atom. The first kappa shape index (κ1) is 5.71. The van der Waals surface area contributed by atoms with Gasteiger partial charge >= 0.3 is 0 Å². The molecule has 1 N–H and O–H groups in total. The van der Waals surface area contributed by atoms with Crippen molar-refractivity contribution in [2.24, 2.45) is 0 Å². The predicted octanol–water partition coefficient (Wildman–Crippen LogP) is 1.64. The summed E-state index contributed by atoms with van der Waals surface area (Å²) in [6.07, 6.45) is 7.48. The molecule has 1 unspecified atom stereocenters. The fourth-order valence-electron chi connectivity index (χ4n) is 1.39.